The highest BCUT2D eigenvalue weighted by Crippen LogP contribution is 2.24. The summed E-state index contributed by atoms with van der Waals surface area (Å²) in [6.07, 6.45) is 0. The number of benzene rings is 4. The molecule has 0 aliphatic carbocycles. The van der Waals surface area contributed by atoms with E-state index in [0.29, 0.717) is 11.7 Å². The molecule has 0 aromatic heterocycles. The highest BCUT2D eigenvalue weighted by molar-refractivity contribution is 7.98. The molecule has 0 aliphatic heterocycles. The summed E-state index contributed by atoms with van der Waals surface area (Å²) in [5, 5.41) is 21.9. The van der Waals surface area contributed by atoms with Crippen LogP contribution in [0.5, 0.6) is 0 Å². The van der Waals surface area contributed by atoms with Gasteiger partial charge in [0.2, 0.25) is 0 Å². The van der Waals surface area contributed by atoms with Crippen LogP contribution >= 0.6 is 23.9 Å². The summed E-state index contributed by atoms with van der Waals surface area (Å²) in [4.78, 5) is 27.3. The minimum absolute atomic E-state index is 0.00784. The Balaban J connectivity index is 1.65. The van der Waals surface area contributed by atoms with Crippen LogP contribution in [0.4, 0.5) is 11.4 Å². The molecule has 4 aromatic carbocycles. The molecule has 0 aliphatic rings. The van der Waals surface area contributed by atoms with Crippen LogP contribution in [0.25, 0.3) is 0 Å². The van der Waals surface area contributed by atoms with Crippen molar-refractivity contribution in [3.63, 3.8) is 0 Å². The van der Waals surface area contributed by atoms with Crippen molar-refractivity contribution < 1.29 is 9.85 Å². The Bertz CT molecular complexity index is 1430. The van der Waals surface area contributed by atoms with Crippen LogP contribution in [0, 0.1) is 20.2 Å². The van der Waals surface area contributed by atoms with Gasteiger partial charge in [0, 0.05) is 57.1 Å². The normalized spacial score (nSPS) is 11.7. The van der Waals surface area contributed by atoms with E-state index in [4.69, 9.17) is 4.99 Å². The first kappa shape index (κ1) is 25.6. The van der Waals surface area contributed by atoms with Gasteiger partial charge in [-0.15, -0.1) is 0 Å². The minimum Gasteiger partial charge on any atom is -0.310 e. The van der Waals surface area contributed by atoms with E-state index in [9.17, 15) is 20.2 Å². The Kier molecular flexibility index (Phi) is 8.63. The summed E-state index contributed by atoms with van der Waals surface area (Å²) in [7, 11) is 0. The lowest BCUT2D eigenvalue weighted by atomic mass is 10.2. The molecule has 0 bridgehead atoms. The van der Waals surface area contributed by atoms with Gasteiger partial charge in [0.25, 0.3) is 11.4 Å². The zero-order chi connectivity index (χ0) is 26.0. The number of nitrogens with zero attached hydrogens (tertiary/aromatic N) is 4. The van der Waals surface area contributed by atoms with Gasteiger partial charge in [0.05, 0.1) is 9.85 Å². The first-order chi connectivity index (χ1) is 18.0. The third-order valence-corrected chi connectivity index (χ3v) is 6.45. The molecule has 11 heteroatoms. The SMILES string of the molecule is O=[N+]([O-])c1ccc(S/N=C(/N=C(NSc2ccc([N+](=O)[O-])cc2)c2ccccc2)c2ccccc2)cc1. The van der Waals surface area contributed by atoms with Crippen LogP contribution in [-0.2, 0) is 0 Å². The molecule has 0 unspecified atom stereocenters. The standard InChI is InChI=1S/C26H19N5O4S2/c32-30(33)21-11-15-23(16-12-21)36-28-25(19-7-3-1-4-8-19)27-26(20-9-5-2-6-10-20)29-37-24-17-13-22(14-18-24)31(34)35/h1-18H,(H,27,28,29). The minimum atomic E-state index is -0.447. The van der Waals surface area contributed by atoms with Gasteiger partial charge in [-0.1, -0.05) is 60.7 Å². The van der Waals surface area contributed by atoms with Gasteiger partial charge >= 0.3 is 0 Å². The molecule has 0 spiro atoms. The molecule has 0 saturated heterocycles. The van der Waals surface area contributed by atoms with E-state index in [0.717, 1.165) is 32.9 Å². The van der Waals surface area contributed by atoms with Crippen LogP contribution in [0.1, 0.15) is 11.1 Å². The molecule has 0 heterocycles. The maximum Gasteiger partial charge on any atom is 0.269 e. The predicted molar refractivity (Wildman–Crippen MR) is 147 cm³/mol. The maximum absolute atomic E-state index is 10.9. The molecular weight excluding hydrogens is 510 g/mol. The van der Waals surface area contributed by atoms with Gasteiger partial charge < -0.3 is 4.72 Å². The van der Waals surface area contributed by atoms with E-state index in [1.165, 1.54) is 36.2 Å². The molecule has 37 heavy (non-hydrogen) atoms. The second-order valence-electron chi connectivity index (χ2n) is 7.40. The van der Waals surface area contributed by atoms with E-state index in [1.54, 1.807) is 24.3 Å². The van der Waals surface area contributed by atoms with Crippen LogP contribution in [0.15, 0.2) is 128 Å². The van der Waals surface area contributed by atoms with E-state index >= 15 is 0 Å². The summed E-state index contributed by atoms with van der Waals surface area (Å²) in [6, 6.07) is 31.3. The third-order valence-electron chi connectivity index (χ3n) is 4.90. The molecule has 9 nitrogen and oxygen atoms in total. The summed E-state index contributed by atoms with van der Waals surface area (Å²) in [6.45, 7) is 0. The molecule has 184 valence electrons. The van der Waals surface area contributed by atoms with Crippen LogP contribution in [0.3, 0.4) is 0 Å². The fourth-order valence-corrected chi connectivity index (χ4v) is 4.29. The number of non-ortho nitro benzene ring substituents is 2. The number of hydrogen-bond acceptors (Lipinski definition) is 7. The Hall–Kier alpha value is -4.48. The van der Waals surface area contributed by atoms with Crippen molar-refractivity contribution in [1.82, 2.24) is 4.72 Å². The van der Waals surface area contributed by atoms with Crippen molar-refractivity contribution in [1.29, 1.82) is 0 Å². The first-order valence-corrected chi connectivity index (χ1v) is 12.4. The van der Waals surface area contributed by atoms with Crippen molar-refractivity contribution in [2.24, 2.45) is 9.39 Å². The molecule has 0 amide bonds. The van der Waals surface area contributed by atoms with Crippen LogP contribution < -0.4 is 4.72 Å². The number of nitrogens with one attached hydrogen (secondary N) is 1. The monoisotopic (exact) mass is 529 g/mol. The lowest BCUT2D eigenvalue weighted by molar-refractivity contribution is -0.385. The zero-order valence-corrected chi connectivity index (χ0v) is 20.8. The Morgan fingerprint density at radius 3 is 1.65 bits per heavy atom. The van der Waals surface area contributed by atoms with Crippen LogP contribution in [0.2, 0.25) is 0 Å². The fraction of sp³-hybridized carbons (Fsp3) is 0. The molecular formula is C26H19N5O4S2. The zero-order valence-electron chi connectivity index (χ0n) is 19.1. The highest BCUT2D eigenvalue weighted by Gasteiger charge is 2.11. The molecule has 4 aromatic rings. The van der Waals surface area contributed by atoms with Gasteiger partial charge in [0.15, 0.2) is 5.84 Å². The predicted octanol–water partition coefficient (Wildman–Crippen LogP) is 6.70. The van der Waals surface area contributed by atoms with Crippen LogP contribution in [-0.4, -0.2) is 21.5 Å². The Morgan fingerprint density at radius 1 is 0.649 bits per heavy atom. The number of aliphatic imine (C=N–C) groups is 1. The van der Waals surface area contributed by atoms with E-state index in [1.807, 2.05) is 60.7 Å². The lowest BCUT2D eigenvalue weighted by Gasteiger charge is -2.11. The van der Waals surface area contributed by atoms with E-state index < -0.39 is 9.85 Å². The second kappa shape index (κ2) is 12.5. The number of amidine groups is 2. The first-order valence-electron chi connectivity index (χ1n) is 10.9. The molecule has 0 radical (unpaired) electrons. The number of nitro groups is 2. The Morgan fingerprint density at radius 2 is 1.14 bits per heavy atom. The average Bonchev–Trinajstić information content (AvgIpc) is 2.94. The maximum atomic E-state index is 10.9. The van der Waals surface area contributed by atoms with Gasteiger partial charge in [-0.05, 0) is 36.2 Å². The smallest absolute Gasteiger partial charge is 0.269 e. The molecule has 1 N–H and O–H groups in total. The van der Waals surface area contributed by atoms with Gasteiger partial charge in [0.1, 0.15) is 5.84 Å². The largest absolute Gasteiger partial charge is 0.310 e. The Labute approximate surface area is 220 Å². The number of hydrogen-bond donors (Lipinski definition) is 1. The van der Waals surface area contributed by atoms with Crippen molar-refractivity contribution >= 4 is 46.9 Å². The quantitative estimate of drug-likeness (QED) is 0.0885. The van der Waals surface area contributed by atoms with Gasteiger partial charge in [-0.25, -0.2) is 4.99 Å². The van der Waals surface area contributed by atoms with Crippen molar-refractivity contribution in [3.8, 4) is 0 Å². The van der Waals surface area contributed by atoms with Gasteiger partial charge in [-0.2, -0.15) is 4.40 Å². The average molecular weight is 530 g/mol. The van der Waals surface area contributed by atoms with Crippen molar-refractivity contribution in [3.05, 3.63) is 141 Å². The summed E-state index contributed by atoms with van der Waals surface area (Å²) >= 11 is 2.43. The summed E-state index contributed by atoms with van der Waals surface area (Å²) in [5.41, 5.74) is 1.63. The topological polar surface area (TPSA) is 123 Å². The second-order valence-corrected chi connectivity index (χ2v) is 9.12. The van der Waals surface area contributed by atoms with E-state index in [2.05, 4.69) is 9.12 Å². The fourth-order valence-electron chi connectivity index (χ4n) is 3.04. The van der Waals surface area contributed by atoms with Crippen molar-refractivity contribution in [2.45, 2.75) is 9.79 Å². The highest BCUT2D eigenvalue weighted by atomic mass is 32.2. The number of nitro benzene ring substituents is 2. The molecule has 0 fully saturated rings. The van der Waals surface area contributed by atoms with Gasteiger partial charge in [-0.3, -0.25) is 20.2 Å². The summed E-state index contributed by atoms with van der Waals surface area (Å²) in [5.74, 6) is 0.982. The third kappa shape index (κ3) is 7.26. The van der Waals surface area contributed by atoms with E-state index in [-0.39, 0.29) is 11.4 Å². The lowest BCUT2D eigenvalue weighted by Crippen LogP contribution is -2.19. The molecule has 0 atom stereocenters. The van der Waals surface area contributed by atoms with Crippen molar-refractivity contribution in [2.75, 3.05) is 0 Å². The summed E-state index contributed by atoms with van der Waals surface area (Å²) < 4.78 is 7.89. The molecule has 0 saturated carbocycles. The number of rotatable bonds is 8. The molecule has 4 rings (SSSR count).